The predicted octanol–water partition coefficient (Wildman–Crippen LogP) is 4.16. The molecule has 0 aliphatic rings. The molecule has 0 spiro atoms. The number of nitrogens with zero attached hydrogens (tertiary/aromatic N) is 2. The van der Waals surface area contributed by atoms with Crippen LogP contribution in [0.3, 0.4) is 0 Å². The third-order valence-corrected chi connectivity index (χ3v) is 3.39. The van der Waals surface area contributed by atoms with Crippen LogP contribution in [0.5, 0.6) is 0 Å². The van der Waals surface area contributed by atoms with Gasteiger partial charge in [-0.05, 0) is 39.1 Å². The Morgan fingerprint density at radius 3 is 2.76 bits per heavy atom. The number of benzene rings is 1. The summed E-state index contributed by atoms with van der Waals surface area (Å²) in [5.41, 5.74) is 0.813. The predicted molar refractivity (Wildman–Crippen MR) is 77.8 cm³/mol. The Hall–Kier alpha value is -1.75. The van der Waals surface area contributed by atoms with Crippen molar-refractivity contribution < 1.29 is 13.2 Å². The van der Waals surface area contributed by atoms with E-state index in [0.29, 0.717) is 12.3 Å². The lowest BCUT2D eigenvalue weighted by molar-refractivity contribution is 0.315. The molecular formula is C16H20F2N2O. The van der Waals surface area contributed by atoms with Crippen LogP contribution in [-0.2, 0) is 6.54 Å². The molecule has 0 saturated heterocycles. The number of halogens is 2. The molecule has 1 aromatic heterocycles. The molecule has 5 heteroatoms. The molecule has 0 amide bonds. The summed E-state index contributed by atoms with van der Waals surface area (Å²) >= 11 is 0. The minimum atomic E-state index is -0.926. The Morgan fingerprint density at radius 1 is 1.29 bits per heavy atom. The highest BCUT2D eigenvalue weighted by Crippen LogP contribution is 2.26. The monoisotopic (exact) mass is 294 g/mol. The summed E-state index contributed by atoms with van der Waals surface area (Å²) in [6, 6.07) is 3.99. The van der Waals surface area contributed by atoms with E-state index in [1.54, 1.807) is 6.92 Å². The lowest BCUT2D eigenvalue weighted by Crippen LogP contribution is -2.19. The van der Waals surface area contributed by atoms with Crippen molar-refractivity contribution in [3.8, 4) is 11.5 Å². The topological polar surface area (TPSA) is 29.3 Å². The van der Waals surface area contributed by atoms with Gasteiger partial charge in [0, 0.05) is 6.54 Å². The summed E-state index contributed by atoms with van der Waals surface area (Å²) in [5, 5.41) is 0. The van der Waals surface area contributed by atoms with Gasteiger partial charge in [-0.3, -0.25) is 0 Å². The molecule has 1 aromatic carbocycles. The highest BCUT2D eigenvalue weighted by Gasteiger charge is 2.17. The van der Waals surface area contributed by atoms with E-state index in [0.717, 1.165) is 31.1 Å². The minimum absolute atomic E-state index is 0.0561. The van der Waals surface area contributed by atoms with Crippen LogP contribution in [-0.4, -0.2) is 23.5 Å². The number of oxazole rings is 1. The normalized spacial score (nSPS) is 11.3. The van der Waals surface area contributed by atoms with Crippen LogP contribution < -0.4 is 0 Å². The smallest absolute Gasteiger partial charge is 0.229 e. The van der Waals surface area contributed by atoms with E-state index in [1.807, 2.05) is 7.05 Å². The highest BCUT2D eigenvalue weighted by atomic mass is 19.2. The van der Waals surface area contributed by atoms with Gasteiger partial charge in [0.05, 0.1) is 11.3 Å². The molecule has 3 nitrogen and oxygen atoms in total. The van der Waals surface area contributed by atoms with Crippen molar-refractivity contribution >= 4 is 0 Å². The van der Waals surface area contributed by atoms with Gasteiger partial charge in [0.2, 0.25) is 5.89 Å². The fourth-order valence-corrected chi connectivity index (χ4v) is 2.12. The van der Waals surface area contributed by atoms with E-state index in [2.05, 4.69) is 16.8 Å². The molecule has 0 aliphatic heterocycles. The third-order valence-electron chi connectivity index (χ3n) is 3.39. The summed E-state index contributed by atoms with van der Waals surface area (Å²) in [4.78, 5) is 6.45. The second-order valence-corrected chi connectivity index (χ2v) is 5.21. The minimum Gasteiger partial charge on any atom is -0.441 e. The van der Waals surface area contributed by atoms with E-state index in [4.69, 9.17) is 4.42 Å². The fourth-order valence-electron chi connectivity index (χ4n) is 2.12. The van der Waals surface area contributed by atoms with Crippen LogP contribution in [0.25, 0.3) is 11.5 Å². The molecule has 1 heterocycles. The maximum Gasteiger partial charge on any atom is 0.229 e. The van der Waals surface area contributed by atoms with Gasteiger partial charge in [-0.25, -0.2) is 13.8 Å². The van der Waals surface area contributed by atoms with Gasteiger partial charge in [0.1, 0.15) is 5.76 Å². The van der Waals surface area contributed by atoms with Crippen molar-refractivity contribution in [2.75, 3.05) is 13.6 Å². The number of aromatic nitrogens is 1. The van der Waals surface area contributed by atoms with Gasteiger partial charge in [-0.2, -0.15) is 0 Å². The van der Waals surface area contributed by atoms with Gasteiger partial charge in [-0.1, -0.05) is 19.4 Å². The Labute approximate surface area is 123 Å². The first kappa shape index (κ1) is 15.6. The zero-order valence-corrected chi connectivity index (χ0v) is 12.6. The molecule has 0 bridgehead atoms. The zero-order chi connectivity index (χ0) is 15.4. The van der Waals surface area contributed by atoms with E-state index in [-0.39, 0.29) is 11.5 Å². The quantitative estimate of drug-likeness (QED) is 0.801. The molecular weight excluding hydrogens is 274 g/mol. The first-order valence-corrected chi connectivity index (χ1v) is 7.12. The average molecular weight is 294 g/mol. The summed E-state index contributed by atoms with van der Waals surface area (Å²) in [6.45, 7) is 5.52. The van der Waals surface area contributed by atoms with Gasteiger partial charge in [-0.15, -0.1) is 0 Å². The second kappa shape index (κ2) is 6.80. The van der Waals surface area contributed by atoms with Crippen LogP contribution in [0.4, 0.5) is 8.78 Å². The Bertz CT molecular complexity index is 610. The lowest BCUT2D eigenvalue weighted by atomic mass is 10.2. The van der Waals surface area contributed by atoms with E-state index in [1.165, 1.54) is 12.1 Å². The molecule has 21 heavy (non-hydrogen) atoms. The van der Waals surface area contributed by atoms with Crippen LogP contribution in [0.15, 0.2) is 22.6 Å². The first-order chi connectivity index (χ1) is 10.0. The molecule has 0 saturated carbocycles. The molecule has 2 aromatic rings. The third kappa shape index (κ3) is 3.67. The van der Waals surface area contributed by atoms with Crippen LogP contribution in [0.1, 0.15) is 31.2 Å². The van der Waals surface area contributed by atoms with Crippen molar-refractivity contribution in [2.24, 2.45) is 0 Å². The molecule has 0 fully saturated rings. The molecule has 0 aliphatic carbocycles. The molecule has 0 unspecified atom stereocenters. The average Bonchev–Trinajstić information content (AvgIpc) is 2.80. The first-order valence-electron chi connectivity index (χ1n) is 7.12. The SMILES string of the molecule is CCCCN(C)Cc1nc(-c2cccc(F)c2F)oc1C. The number of hydrogen-bond donors (Lipinski definition) is 0. The van der Waals surface area contributed by atoms with Gasteiger partial charge in [0.25, 0.3) is 0 Å². The lowest BCUT2D eigenvalue weighted by Gasteiger charge is -2.14. The molecule has 0 atom stereocenters. The number of hydrogen-bond acceptors (Lipinski definition) is 3. The number of rotatable bonds is 6. The van der Waals surface area contributed by atoms with Crippen molar-refractivity contribution in [2.45, 2.75) is 33.2 Å². The molecule has 0 radical (unpaired) electrons. The van der Waals surface area contributed by atoms with Crippen LogP contribution in [0, 0.1) is 18.6 Å². The fraction of sp³-hybridized carbons (Fsp3) is 0.438. The van der Waals surface area contributed by atoms with E-state index >= 15 is 0 Å². The van der Waals surface area contributed by atoms with Gasteiger partial charge >= 0.3 is 0 Å². The largest absolute Gasteiger partial charge is 0.441 e. The van der Waals surface area contributed by atoms with Crippen LogP contribution >= 0.6 is 0 Å². The van der Waals surface area contributed by atoms with Crippen molar-refractivity contribution in [1.29, 1.82) is 0 Å². The van der Waals surface area contributed by atoms with Crippen molar-refractivity contribution in [3.63, 3.8) is 0 Å². The Balaban J connectivity index is 2.21. The molecule has 0 N–H and O–H groups in total. The standard InChI is InChI=1S/C16H20F2N2O/c1-4-5-9-20(3)10-14-11(2)21-16(19-14)12-7-6-8-13(17)15(12)18/h6-8H,4-5,9-10H2,1-3H3. The second-order valence-electron chi connectivity index (χ2n) is 5.21. The van der Waals surface area contributed by atoms with Crippen LogP contribution in [0.2, 0.25) is 0 Å². The summed E-state index contributed by atoms with van der Waals surface area (Å²) < 4.78 is 32.5. The van der Waals surface area contributed by atoms with Gasteiger partial charge < -0.3 is 9.32 Å². The molecule has 2 rings (SSSR count). The number of unbranched alkanes of at least 4 members (excludes halogenated alkanes) is 1. The van der Waals surface area contributed by atoms with Gasteiger partial charge in [0.15, 0.2) is 11.6 Å². The van der Waals surface area contributed by atoms with E-state index < -0.39 is 11.6 Å². The van der Waals surface area contributed by atoms with Crippen molar-refractivity contribution in [1.82, 2.24) is 9.88 Å². The number of aryl methyl sites for hydroxylation is 1. The molecule has 114 valence electrons. The summed E-state index contributed by atoms with van der Waals surface area (Å²) in [5.74, 6) is -1.06. The Morgan fingerprint density at radius 2 is 2.05 bits per heavy atom. The van der Waals surface area contributed by atoms with E-state index in [9.17, 15) is 8.78 Å². The maximum atomic E-state index is 13.8. The van der Waals surface area contributed by atoms with Crippen molar-refractivity contribution in [3.05, 3.63) is 41.3 Å². The summed E-state index contributed by atoms with van der Waals surface area (Å²) in [6.07, 6.45) is 2.24. The maximum absolute atomic E-state index is 13.8. The zero-order valence-electron chi connectivity index (χ0n) is 12.6. The summed E-state index contributed by atoms with van der Waals surface area (Å²) in [7, 11) is 2.01. The Kier molecular flexibility index (Phi) is 5.07. The highest BCUT2D eigenvalue weighted by molar-refractivity contribution is 5.54.